The second kappa shape index (κ2) is 11.5. The van der Waals surface area contributed by atoms with Gasteiger partial charge in [0.2, 0.25) is 0 Å². The average Bonchev–Trinajstić information content (AvgIpc) is 2.86. The number of hydrogen-bond acceptors (Lipinski definition) is 6. The molecule has 0 atom stereocenters. The van der Waals surface area contributed by atoms with Crippen LogP contribution in [0.1, 0.15) is 33.6 Å². The Morgan fingerprint density at radius 2 is 1.80 bits per heavy atom. The molecular formula is C25H24ClFN4O3S. The van der Waals surface area contributed by atoms with Gasteiger partial charge in [-0.25, -0.2) is 9.37 Å². The van der Waals surface area contributed by atoms with Crippen LogP contribution >= 0.6 is 23.4 Å². The first-order chi connectivity index (χ1) is 16.9. The number of hydrogen-bond donors (Lipinski definition) is 3. The lowest BCUT2D eigenvalue weighted by Crippen LogP contribution is -2.34. The maximum Gasteiger partial charge on any atom is 0.259 e. The van der Waals surface area contributed by atoms with Crippen LogP contribution in [0.3, 0.4) is 0 Å². The number of carbonyl (C=O) groups is 2. The van der Waals surface area contributed by atoms with Crippen LogP contribution in [0.25, 0.3) is 0 Å². The third-order valence-corrected chi connectivity index (χ3v) is 6.41. The monoisotopic (exact) mass is 514 g/mol. The number of rotatable bonds is 7. The van der Waals surface area contributed by atoms with Gasteiger partial charge in [0.15, 0.2) is 0 Å². The fourth-order valence-electron chi connectivity index (χ4n) is 3.65. The lowest BCUT2D eigenvalue weighted by atomic mass is 10.1. The maximum absolute atomic E-state index is 14.1. The van der Waals surface area contributed by atoms with Crippen molar-refractivity contribution in [3.63, 3.8) is 0 Å². The van der Waals surface area contributed by atoms with Gasteiger partial charge in [0.05, 0.1) is 21.8 Å². The second-order valence-electron chi connectivity index (χ2n) is 7.89. The Bertz CT molecular complexity index is 1220. The van der Waals surface area contributed by atoms with Gasteiger partial charge in [-0.05, 0) is 80.7 Å². The molecule has 0 unspecified atom stereocenters. The van der Waals surface area contributed by atoms with Crippen LogP contribution in [-0.4, -0.2) is 42.2 Å². The normalized spacial score (nSPS) is 13.8. The van der Waals surface area contributed by atoms with Gasteiger partial charge in [-0.1, -0.05) is 11.6 Å². The summed E-state index contributed by atoms with van der Waals surface area (Å²) in [7, 11) is 0. The number of piperidine rings is 1. The summed E-state index contributed by atoms with van der Waals surface area (Å²) >= 11 is 7.38. The zero-order valence-electron chi connectivity index (χ0n) is 18.9. The molecule has 0 saturated carbocycles. The fraction of sp³-hybridized carbons (Fsp3) is 0.240. The predicted octanol–water partition coefficient (Wildman–Crippen LogP) is 5.23. The molecule has 3 aromatic rings. The lowest BCUT2D eigenvalue weighted by molar-refractivity contribution is 0.101. The van der Waals surface area contributed by atoms with Crippen molar-refractivity contribution in [1.29, 1.82) is 0 Å². The Balaban J connectivity index is 1.58. The highest BCUT2D eigenvalue weighted by Gasteiger charge is 2.22. The van der Waals surface area contributed by atoms with Crippen LogP contribution in [0.15, 0.2) is 59.6 Å². The molecule has 1 aromatic heterocycles. The number of benzene rings is 2. The Labute approximate surface area is 211 Å². The topological polar surface area (TPSA) is 92.4 Å². The number of thioether (sulfide) groups is 1. The average molecular weight is 515 g/mol. The molecule has 0 radical (unpaired) electrons. The van der Waals surface area contributed by atoms with E-state index in [0.29, 0.717) is 16.3 Å². The molecule has 1 aliphatic rings. The minimum Gasteiger partial charge on any atom is -0.489 e. The highest BCUT2D eigenvalue weighted by molar-refractivity contribution is 7.98. The van der Waals surface area contributed by atoms with Crippen molar-refractivity contribution in [1.82, 2.24) is 10.3 Å². The molecule has 0 bridgehead atoms. The fourth-order valence-corrected chi connectivity index (χ4v) is 4.19. The summed E-state index contributed by atoms with van der Waals surface area (Å²) in [5, 5.41) is 9.01. The van der Waals surface area contributed by atoms with Crippen molar-refractivity contribution in [3.8, 4) is 5.75 Å². The number of nitrogens with zero attached hydrogens (tertiary/aromatic N) is 1. The first kappa shape index (κ1) is 25.0. The third kappa shape index (κ3) is 6.50. The van der Waals surface area contributed by atoms with Crippen molar-refractivity contribution < 1.29 is 18.7 Å². The molecule has 3 N–H and O–H groups in total. The van der Waals surface area contributed by atoms with E-state index < -0.39 is 17.6 Å². The van der Waals surface area contributed by atoms with Crippen molar-refractivity contribution in [2.75, 3.05) is 30.0 Å². The number of anilines is 2. The molecule has 1 saturated heterocycles. The summed E-state index contributed by atoms with van der Waals surface area (Å²) in [6.45, 7) is 1.69. The van der Waals surface area contributed by atoms with E-state index in [0.717, 1.165) is 43.0 Å². The highest BCUT2D eigenvalue weighted by Crippen LogP contribution is 2.29. The van der Waals surface area contributed by atoms with Gasteiger partial charge in [0.1, 0.15) is 23.5 Å². The number of nitrogens with one attached hydrogen (secondary N) is 3. The number of aromatic nitrogens is 1. The largest absolute Gasteiger partial charge is 0.489 e. The third-order valence-electron chi connectivity index (χ3n) is 5.46. The molecule has 4 rings (SSSR count). The summed E-state index contributed by atoms with van der Waals surface area (Å²) in [5.41, 5.74) is 0.414. The summed E-state index contributed by atoms with van der Waals surface area (Å²) in [6, 6.07) is 12.0. The Morgan fingerprint density at radius 1 is 1.06 bits per heavy atom. The number of amides is 2. The summed E-state index contributed by atoms with van der Waals surface area (Å²) in [6.07, 6.45) is 4.99. The summed E-state index contributed by atoms with van der Waals surface area (Å²) in [4.78, 5) is 31.1. The Morgan fingerprint density at radius 3 is 2.51 bits per heavy atom. The molecule has 35 heavy (non-hydrogen) atoms. The molecule has 2 heterocycles. The van der Waals surface area contributed by atoms with E-state index >= 15 is 0 Å². The van der Waals surface area contributed by atoms with E-state index in [4.69, 9.17) is 16.3 Å². The van der Waals surface area contributed by atoms with Gasteiger partial charge >= 0.3 is 0 Å². The van der Waals surface area contributed by atoms with Gasteiger partial charge in [-0.2, -0.15) is 0 Å². The zero-order valence-corrected chi connectivity index (χ0v) is 20.5. The van der Waals surface area contributed by atoms with Crippen molar-refractivity contribution in [3.05, 3.63) is 76.7 Å². The van der Waals surface area contributed by atoms with E-state index in [1.54, 1.807) is 18.2 Å². The van der Waals surface area contributed by atoms with Crippen LogP contribution in [0.5, 0.6) is 5.75 Å². The van der Waals surface area contributed by atoms with E-state index in [9.17, 15) is 14.0 Å². The standard InChI is InChI=1S/C25H24ClFN4O3S/c1-35-18-4-6-20(22(13-18)34-17-8-10-28-11-9-17)25(33)30-21-12-16(27)3-5-19(21)24(32)31-23-7-2-15(26)14-29-23/h2-7,12-14,17,28H,8-11H2,1H3,(H,30,33)(H,29,31,32). The van der Waals surface area contributed by atoms with Crippen molar-refractivity contribution in [2.45, 2.75) is 23.8 Å². The molecule has 2 amide bonds. The van der Waals surface area contributed by atoms with Crippen LogP contribution in [-0.2, 0) is 0 Å². The lowest BCUT2D eigenvalue weighted by Gasteiger charge is -2.25. The minimum absolute atomic E-state index is 0.0118. The van der Waals surface area contributed by atoms with Gasteiger partial charge < -0.3 is 20.7 Å². The molecule has 10 heteroatoms. The maximum atomic E-state index is 14.1. The number of halogens is 2. The first-order valence-electron chi connectivity index (χ1n) is 11.0. The smallest absolute Gasteiger partial charge is 0.259 e. The Kier molecular flexibility index (Phi) is 8.22. The van der Waals surface area contributed by atoms with E-state index in [1.165, 1.54) is 24.0 Å². The van der Waals surface area contributed by atoms with Crippen LogP contribution in [0.2, 0.25) is 5.02 Å². The predicted molar refractivity (Wildman–Crippen MR) is 136 cm³/mol. The summed E-state index contributed by atoms with van der Waals surface area (Å²) in [5.74, 6) is -0.935. The van der Waals surface area contributed by atoms with Gasteiger partial charge in [-0.3, -0.25) is 9.59 Å². The van der Waals surface area contributed by atoms with Crippen molar-refractivity contribution >= 4 is 46.7 Å². The zero-order chi connectivity index (χ0) is 24.8. The minimum atomic E-state index is -0.592. The number of carbonyl (C=O) groups excluding carboxylic acids is 2. The highest BCUT2D eigenvalue weighted by atomic mass is 35.5. The quantitative estimate of drug-likeness (QED) is 0.374. The summed E-state index contributed by atoms with van der Waals surface area (Å²) < 4.78 is 20.3. The van der Waals surface area contributed by atoms with Crippen LogP contribution in [0.4, 0.5) is 15.9 Å². The second-order valence-corrected chi connectivity index (χ2v) is 9.21. The molecule has 182 valence electrons. The molecular weight excluding hydrogens is 491 g/mol. The number of ether oxygens (including phenoxy) is 1. The van der Waals surface area contributed by atoms with Crippen LogP contribution < -0.4 is 20.7 Å². The van der Waals surface area contributed by atoms with Gasteiger partial charge in [0.25, 0.3) is 11.8 Å². The Hall–Kier alpha value is -3.14. The van der Waals surface area contributed by atoms with Gasteiger partial charge in [0, 0.05) is 11.1 Å². The molecule has 2 aromatic carbocycles. The first-order valence-corrected chi connectivity index (χ1v) is 12.6. The van der Waals surface area contributed by atoms with Gasteiger partial charge in [-0.15, -0.1) is 11.8 Å². The number of pyridine rings is 1. The van der Waals surface area contributed by atoms with Crippen molar-refractivity contribution in [2.24, 2.45) is 0 Å². The van der Waals surface area contributed by atoms with E-state index in [2.05, 4.69) is 20.9 Å². The van der Waals surface area contributed by atoms with E-state index in [1.807, 2.05) is 18.4 Å². The molecule has 1 fully saturated rings. The molecule has 0 spiro atoms. The van der Waals surface area contributed by atoms with E-state index in [-0.39, 0.29) is 23.2 Å². The molecule has 7 nitrogen and oxygen atoms in total. The van der Waals surface area contributed by atoms with Crippen LogP contribution in [0, 0.1) is 5.82 Å². The SMILES string of the molecule is CSc1ccc(C(=O)Nc2cc(F)ccc2C(=O)Nc2ccc(Cl)cn2)c(OC2CCNCC2)c1. The molecule has 1 aliphatic heterocycles. The molecule has 0 aliphatic carbocycles.